The van der Waals surface area contributed by atoms with Crippen LogP contribution in [-0.2, 0) is 4.84 Å². The Kier molecular flexibility index (Phi) is 2.93. The van der Waals surface area contributed by atoms with Crippen LogP contribution in [-0.4, -0.2) is 13.3 Å². The Hall–Kier alpha value is -1.02. The topological polar surface area (TPSA) is 21.6 Å². The molecule has 1 aromatic rings. The lowest BCUT2D eigenvalue weighted by Crippen LogP contribution is -1.80. The van der Waals surface area contributed by atoms with E-state index in [1.807, 2.05) is 0 Å². The molecular weight excluding hydrogens is 162 g/mol. The smallest absolute Gasteiger partial charge is 0.106 e. The van der Waals surface area contributed by atoms with E-state index in [1.54, 1.807) is 24.4 Å². The normalized spacial score (nSPS) is 10.4. The maximum Gasteiger partial charge on any atom is 0.106 e. The van der Waals surface area contributed by atoms with Gasteiger partial charge >= 0.3 is 0 Å². The fraction of sp³-hybridized carbons (Fsp3) is 0.125. The van der Waals surface area contributed by atoms with E-state index < -0.39 is 0 Å². The SMILES string of the molecule is CO/N=C/c1c[c]cc(Cl)c1. The summed E-state index contributed by atoms with van der Waals surface area (Å²) >= 11 is 5.69. The molecule has 0 amide bonds. The largest absolute Gasteiger partial charge is 0.399 e. The Morgan fingerprint density at radius 1 is 1.64 bits per heavy atom. The molecule has 1 radical (unpaired) electrons. The summed E-state index contributed by atoms with van der Waals surface area (Å²) < 4.78 is 0. The maximum atomic E-state index is 5.69. The predicted octanol–water partition coefficient (Wildman–Crippen LogP) is 2.12. The molecule has 0 unspecified atom stereocenters. The molecule has 0 saturated heterocycles. The van der Waals surface area contributed by atoms with E-state index in [9.17, 15) is 0 Å². The standard InChI is InChI=1S/C8H7ClNO/c1-11-10-6-7-3-2-4-8(9)5-7/h3-6H,1H3/b10-6+. The Morgan fingerprint density at radius 2 is 2.45 bits per heavy atom. The fourth-order valence-corrected chi connectivity index (χ4v) is 0.837. The Morgan fingerprint density at radius 3 is 3.09 bits per heavy atom. The molecule has 0 heterocycles. The van der Waals surface area contributed by atoms with Crippen LogP contribution < -0.4 is 0 Å². The molecule has 0 spiro atoms. The molecule has 0 aliphatic carbocycles. The number of hydrogen-bond acceptors (Lipinski definition) is 2. The first-order valence-electron chi connectivity index (χ1n) is 3.06. The minimum atomic E-state index is 0.644. The Balaban J connectivity index is 2.79. The van der Waals surface area contributed by atoms with E-state index in [1.165, 1.54) is 7.11 Å². The van der Waals surface area contributed by atoms with Gasteiger partial charge in [0.05, 0.1) is 6.21 Å². The van der Waals surface area contributed by atoms with Crippen LogP contribution in [0.3, 0.4) is 0 Å². The molecule has 0 aliphatic heterocycles. The summed E-state index contributed by atoms with van der Waals surface area (Å²) in [5.74, 6) is 0. The van der Waals surface area contributed by atoms with Crippen molar-refractivity contribution in [2.75, 3.05) is 7.11 Å². The van der Waals surface area contributed by atoms with E-state index in [2.05, 4.69) is 16.1 Å². The molecule has 0 saturated carbocycles. The second-order valence-electron chi connectivity index (χ2n) is 1.90. The zero-order valence-electron chi connectivity index (χ0n) is 6.04. The second kappa shape index (κ2) is 3.98. The highest BCUT2D eigenvalue weighted by molar-refractivity contribution is 6.30. The summed E-state index contributed by atoms with van der Waals surface area (Å²) in [4.78, 5) is 4.50. The van der Waals surface area contributed by atoms with Crippen LogP contribution in [0.25, 0.3) is 0 Å². The molecule has 0 atom stereocenters. The van der Waals surface area contributed by atoms with Gasteiger partial charge in [-0.2, -0.15) is 0 Å². The van der Waals surface area contributed by atoms with Crippen molar-refractivity contribution in [2.24, 2.45) is 5.16 Å². The second-order valence-corrected chi connectivity index (χ2v) is 2.34. The highest BCUT2D eigenvalue weighted by atomic mass is 35.5. The van der Waals surface area contributed by atoms with Crippen LogP contribution in [0.5, 0.6) is 0 Å². The monoisotopic (exact) mass is 168 g/mol. The Labute approximate surface area is 70.4 Å². The molecule has 57 valence electrons. The minimum absolute atomic E-state index is 0.644. The first kappa shape index (κ1) is 8.08. The van der Waals surface area contributed by atoms with Gasteiger partial charge in [-0.25, -0.2) is 0 Å². The highest BCUT2D eigenvalue weighted by Gasteiger charge is 1.88. The number of nitrogens with zero attached hydrogens (tertiary/aromatic N) is 1. The third kappa shape index (κ3) is 2.60. The summed E-state index contributed by atoms with van der Waals surface area (Å²) in [6.07, 6.45) is 1.57. The number of benzene rings is 1. The van der Waals surface area contributed by atoms with Crippen LogP contribution in [0.2, 0.25) is 5.02 Å². The zero-order chi connectivity index (χ0) is 8.10. The lowest BCUT2D eigenvalue weighted by molar-refractivity contribution is 0.215. The lowest BCUT2D eigenvalue weighted by atomic mass is 10.2. The average Bonchev–Trinajstić information content (AvgIpc) is 2.01. The van der Waals surface area contributed by atoms with Crippen molar-refractivity contribution in [1.29, 1.82) is 0 Å². The van der Waals surface area contributed by atoms with Crippen molar-refractivity contribution in [3.8, 4) is 0 Å². The maximum absolute atomic E-state index is 5.69. The van der Waals surface area contributed by atoms with Gasteiger partial charge in [0.25, 0.3) is 0 Å². The minimum Gasteiger partial charge on any atom is -0.399 e. The van der Waals surface area contributed by atoms with Gasteiger partial charge in [-0.05, 0) is 29.8 Å². The van der Waals surface area contributed by atoms with Crippen molar-refractivity contribution in [3.05, 3.63) is 34.9 Å². The first-order valence-corrected chi connectivity index (χ1v) is 3.44. The molecule has 11 heavy (non-hydrogen) atoms. The van der Waals surface area contributed by atoms with Crippen molar-refractivity contribution in [2.45, 2.75) is 0 Å². The summed E-state index contributed by atoms with van der Waals surface area (Å²) in [6.45, 7) is 0. The number of rotatable bonds is 2. The molecule has 0 bridgehead atoms. The van der Waals surface area contributed by atoms with Crippen LogP contribution in [0.15, 0.2) is 23.4 Å². The van der Waals surface area contributed by atoms with E-state index in [4.69, 9.17) is 11.6 Å². The Bertz CT molecular complexity index is 260. The third-order valence-corrected chi connectivity index (χ3v) is 1.30. The van der Waals surface area contributed by atoms with Gasteiger partial charge in [-0.1, -0.05) is 16.8 Å². The predicted molar refractivity (Wildman–Crippen MR) is 44.9 cm³/mol. The molecular formula is C8H7ClNO. The molecule has 0 aromatic heterocycles. The third-order valence-electron chi connectivity index (χ3n) is 1.08. The lowest BCUT2D eigenvalue weighted by Gasteiger charge is -1.91. The molecule has 2 nitrogen and oxygen atoms in total. The van der Waals surface area contributed by atoms with E-state index in [0.29, 0.717) is 5.02 Å². The van der Waals surface area contributed by atoms with Crippen molar-refractivity contribution in [1.82, 2.24) is 0 Å². The zero-order valence-corrected chi connectivity index (χ0v) is 6.80. The molecule has 0 fully saturated rings. The van der Waals surface area contributed by atoms with Gasteiger partial charge in [0, 0.05) is 5.02 Å². The number of hydrogen-bond donors (Lipinski definition) is 0. The van der Waals surface area contributed by atoms with E-state index in [0.717, 1.165) is 5.56 Å². The summed E-state index contributed by atoms with van der Waals surface area (Å²) in [6, 6.07) is 8.10. The summed E-state index contributed by atoms with van der Waals surface area (Å²) in [5, 5.41) is 4.22. The first-order chi connectivity index (χ1) is 5.33. The van der Waals surface area contributed by atoms with Gasteiger partial charge in [0.15, 0.2) is 0 Å². The van der Waals surface area contributed by atoms with Gasteiger partial charge in [-0.15, -0.1) is 0 Å². The van der Waals surface area contributed by atoms with Crippen molar-refractivity contribution in [3.63, 3.8) is 0 Å². The van der Waals surface area contributed by atoms with Gasteiger partial charge in [0.2, 0.25) is 0 Å². The van der Waals surface area contributed by atoms with Gasteiger partial charge in [-0.3, -0.25) is 0 Å². The van der Waals surface area contributed by atoms with Crippen LogP contribution in [0.1, 0.15) is 5.56 Å². The number of halogens is 1. The quantitative estimate of drug-likeness (QED) is 0.490. The average molecular weight is 169 g/mol. The van der Waals surface area contributed by atoms with Gasteiger partial charge in [0.1, 0.15) is 7.11 Å². The molecule has 0 N–H and O–H groups in total. The fourth-order valence-electron chi connectivity index (χ4n) is 0.648. The van der Waals surface area contributed by atoms with Crippen molar-refractivity contribution >= 4 is 17.8 Å². The van der Waals surface area contributed by atoms with E-state index >= 15 is 0 Å². The molecule has 1 aromatic carbocycles. The van der Waals surface area contributed by atoms with Crippen LogP contribution >= 0.6 is 11.6 Å². The highest BCUT2D eigenvalue weighted by Crippen LogP contribution is 2.08. The van der Waals surface area contributed by atoms with E-state index in [-0.39, 0.29) is 0 Å². The van der Waals surface area contributed by atoms with Crippen LogP contribution in [0.4, 0.5) is 0 Å². The molecule has 1 rings (SSSR count). The summed E-state index contributed by atoms with van der Waals surface area (Å²) in [5.41, 5.74) is 0.874. The molecule has 0 aliphatic rings. The van der Waals surface area contributed by atoms with Crippen molar-refractivity contribution < 1.29 is 4.84 Å². The summed E-state index contributed by atoms with van der Waals surface area (Å²) in [7, 11) is 1.49. The molecule has 3 heteroatoms. The number of oxime groups is 1. The van der Waals surface area contributed by atoms with Gasteiger partial charge < -0.3 is 4.84 Å². The van der Waals surface area contributed by atoms with Crippen LogP contribution in [0, 0.1) is 6.07 Å².